The first-order valence-corrected chi connectivity index (χ1v) is 12.6. The zero-order chi connectivity index (χ0) is 25.0. The van der Waals surface area contributed by atoms with E-state index < -0.39 is 21.9 Å². The van der Waals surface area contributed by atoms with E-state index in [1.54, 1.807) is 25.3 Å². The van der Waals surface area contributed by atoms with Crippen molar-refractivity contribution in [3.8, 4) is 11.5 Å². The van der Waals surface area contributed by atoms with Crippen LogP contribution < -0.4 is 14.8 Å². The molecule has 0 saturated carbocycles. The number of hydrogen-bond donors (Lipinski definition) is 1. The van der Waals surface area contributed by atoms with Crippen LogP contribution in [0.3, 0.4) is 0 Å². The number of benzene rings is 3. The lowest BCUT2D eigenvalue weighted by Gasteiger charge is -2.36. The number of sulfonamides is 1. The van der Waals surface area contributed by atoms with E-state index in [4.69, 9.17) is 9.47 Å². The van der Waals surface area contributed by atoms with Crippen molar-refractivity contribution in [2.24, 2.45) is 0 Å². The summed E-state index contributed by atoms with van der Waals surface area (Å²) in [5.74, 6) is 0.396. The van der Waals surface area contributed by atoms with E-state index in [2.05, 4.69) is 5.32 Å². The Morgan fingerprint density at radius 1 is 1.06 bits per heavy atom. The molecular weight excluding hydrogens is 471 g/mol. The largest absolute Gasteiger partial charge is 0.497 e. The van der Waals surface area contributed by atoms with E-state index in [-0.39, 0.29) is 30.3 Å². The van der Waals surface area contributed by atoms with Crippen LogP contribution >= 0.6 is 0 Å². The zero-order valence-electron chi connectivity index (χ0n) is 19.5. The van der Waals surface area contributed by atoms with Gasteiger partial charge in [0.05, 0.1) is 25.2 Å². The van der Waals surface area contributed by atoms with E-state index in [0.29, 0.717) is 17.9 Å². The van der Waals surface area contributed by atoms with Gasteiger partial charge in [-0.2, -0.15) is 4.31 Å². The maximum Gasteiger partial charge on any atom is 0.243 e. The van der Waals surface area contributed by atoms with Crippen molar-refractivity contribution in [2.45, 2.75) is 30.3 Å². The van der Waals surface area contributed by atoms with Gasteiger partial charge in [0, 0.05) is 31.1 Å². The number of hydrogen-bond acceptors (Lipinski definition) is 5. The van der Waals surface area contributed by atoms with Gasteiger partial charge in [0.15, 0.2) is 0 Å². The Morgan fingerprint density at radius 2 is 1.80 bits per heavy atom. The van der Waals surface area contributed by atoms with Gasteiger partial charge in [-0.25, -0.2) is 12.8 Å². The molecule has 4 rings (SSSR count). The number of nitrogens with zero attached hydrogens (tertiary/aromatic N) is 1. The predicted molar refractivity (Wildman–Crippen MR) is 129 cm³/mol. The summed E-state index contributed by atoms with van der Waals surface area (Å²) < 4.78 is 52.3. The second kappa shape index (κ2) is 10.5. The summed E-state index contributed by atoms with van der Waals surface area (Å²) in [4.78, 5) is 13.0. The molecule has 184 valence electrons. The summed E-state index contributed by atoms with van der Waals surface area (Å²) in [6, 6.07) is 16.9. The molecule has 0 aliphatic carbocycles. The molecule has 35 heavy (non-hydrogen) atoms. The maximum absolute atomic E-state index is 13.5. The molecule has 1 aliphatic rings. The third kappa shape index (κ3) is 5.31. The minimum atomic E-state index is -3.95. The van der Waals surface area contributed by atoms with Crippen LogP contribution in [0.25, 0.3) is 0 Å². The second-order valence-corrected chi connectivity index (χ2v) is 10.1. The highest BCUT2D eigenvalue weighted by Gasteiger charge is 2.37. The molecule has 1 unspecified atom stereocenters. The Labute approximate surface area is 204 Å². The van der Waals surface area contributed by atoms with E-state index in [0.717, 1.165) is 28.8 Å². The molecule has 1 amide bonds. The van der Waals surface area contributed by atoms with Crippen LogP contribution in [-0.4, -0.2) is 39.4 Å². The third-order valence-electron chi connectivity index (χ3n) is 6.13. The highest BCUT2D eigenvalue weighted by atomic mass is 32.2. The fraction of sp³-hybridized carbons (Fsp3) is 0.269. The lowest BCUT2D eigenvalue weighted by atomic mass is 9.92. The summed E-state index contributed by atoms with van der Waals surface area (Å²) >= 11 is 0. The van der Waals surface area contributed by atoms with Crippen molar-refractivity contribution in [1.82, 2.24) is 9.62 Å². The van der Waals surface area contributed by atoms with Crippen molar-refractivity contribution in [3.05, 3.63) is 89.2 Å². The number of nitrogens with one attached hydrogen (secondary N) is 1. The molecular formula is C26H27FN2O5S. The first-order valence-electron chi connectivity index (χ1n) is 11.2. The van der Waals surface area contributed by atoms with Crippen LogP contribution in [0.1, 0.15) is 29.2 Å². The van der Waals surface area contributed by atoms with Crippen LogP contribution in [0.4, 0.5) is 4.39 Å². The highest BCUT2D eigenvalue weighted by Crippen LogP contribution is 2.36. The molecule has 0 spiro atoms. The van der Waals surface area contributed by atoms with Gasteiger partial charge >= 0.3 is 0 Å². The van der Waals surface area contributed by atoms with Crippen LogP contribution in [0.15, 0.2) is 71.6 Å². The Bertz CT molecular complexity index is 1310. The lowest BCUT2D eigenvalue weighted by Crippen LogP contribution is -2.42. The van der Waals surface area contributed by atoms with Crippen molar-refractivity contribution < 1.29 is 27.1 Å². The molecule has 0 fully saturated rings. The second-order valence-electron chi connectivity index (χ2n) is 8.19. The minimum absolute atomic E-state index is 0.00772. The summed E-state index contributed by atoms with van der Waals surface area (Å²) in [7, 11) is -0.851. The van der Waals surface area contributed by atoms with Gasteiger partial charge in [-0.1, -0.05) is 24.3 Å². The molecule has 0 aromatic heterocycles. The van der Waals surface area contributed by atoms with Crippen LogP contribution in [0, 0.1) is 5.82 Å². The Balaban J connectivity index is 1.57. The number of carbonyl (C=O) groups excluding carboxylic acids is 1. The van der Waals surface area contributed by atoms with Gasteiger partial charge < -0.3 is 14.8 Å². The van der Waals surface area contributed by atoms with E-state index in [1.165, 1.54) is 23.5 Å². The molecule has 1 atom stereocenters. The van der Waals surface area contributed by atoms with Gasteiger partial charge in [-0.15, -0.1) is 0 Å². The molecule has 0 saturated heterocycles. The maximum atomic E-state index is 13.5. The van der Waals surface area contributed by atoms with Crippen LogP contribution in [-0.2, 0) is 27.8 Å². The van der Waals surface area contributed by atoms with Gasteiger partial charge in [0.25, 0.3) is 0 Å². The topological polar surface area (TPSA) is 84.9 Å². The zero-order valence-corrected chi connectivity index (χ0v) is 20.3. The van der Waals surface area contributed by atoms with Crippen LogP contribution in [0.2, 0.25) is 0 Å². The third-order valence-corrected chi connectivity index (χ3v) is 8.05. The average molecular weight is 499 g/mol. The summed E-state index contributed by atoms with van der Waals surface area (Å²) in [5, 5.41) is 2.88. The number of amides is 1. The van der Waals surface area contributed by atoms with E-state index >= 15 is 0 Å². The first kappa shape index (κ1) is 24.7. The Hall–Kier alpha value is -3.43. The number of carbonyl (C=O) groups is 1. The Morgan fingerprint density at radius 3 is 2.51 bits per heavy atom. The van der Waals surface area contributed by atoms with Gasteiger partial charge in [0.1, 0.15) is 17.3 Å². The molecule has 3 aromatic carbocycles. The van der Waals surface area contributed by atoms with Crippen LogP contribution in [0.5, 0.6) is 11.5 Å². The Kier molecular flexibility index (Phi) is 7.37. The monoisotopic (exact) mass is 498 g/mol. The normalized spacial score (nSPS) is 15.8. The van der Waals surface area contributed by atoms with Crippen molar-refractivity contribution in [1.29, 1.82) is 0 Å². The summed E-state index contributed by atoms with van der Waals surface area (Å²) in [6.45, 7) is 0.437. The van der Waals surface area contributed by atoms with Crippen molar-refractivity contribution in [3.63, 3.8) is 0 Å². The van der Waals surface area contributed by atoms with Crippen molar-refractivity contribution >= 4 is 15.9 Å². The SMILES string of the molecule is COc1ccc(CNC(=O)CC2c3ccccc3CCN2S(=O)(=O)c2ccc(F)cc2)c(OC)c1. The lowest BCUT2D eigenvalue weighted by molar-refractivity contribution is -0.122. The molecule has 7 nitrogen and oxygen atoms in total. The minimum Gasteiger partial charge on any atom is -0.497 e. The first-order chi connectivity index (χ1) is 16.8. The molecule has 3 aromatic rings. The molecule has 1 heterocycles. The standard InChI is InChI=1S/C26H27FN2O5S/c1-33-21-10-7-19(25(15-21)34-2)17-28-26(30)16-24-23-6-4-3-5-18(23)13-14-29(24)35(31,32)22-11-8-20(27)9-12-22/h3-12,15,24H,13-14,16-17H2,1-2H3,(H,28,30). The molecule has 0 radical (unpaired) electrons. The summed E-state index contributed by atoms with van der Waals surface area (Å²) in [6.07, 6.45) is 0.466. The molecule has 0 bridgehead atoms. The van der Waals surface area contributed by atoms with Gasteiger partial charge in [-0.3, -0.25) is 4.79 Å². The number of halogens is 1. The quantitative estimate of drug-likeness (QED) is 0.510. The average Bonchev–Trinajstić information content (AvgIpc) is 2.87. The fourth-order valence-corrected chi connectivity index (χ4v) is 5.92. The summed E-state index contributed by atoms with van der Waals surface area (Å²) in [5.41, 5.74) is 2.57. The van der Waals surface area contributed by atoms with Crippen molar-refractivity contribution in [2.75, 3.05) is 20.8 Å². The highest BCUT2D eigenvalue weighted by molar-refractivity contribution is 7.89. The smallest absolute Gasteiger partial charge is 0.243 e. The van der Waals surface area contributed by atoms with E-state index in [1.807, 2.05) is 24.3 Å². The fourth-order valence-electron chi connectivity index (χ4n) is 4.31. The number of methoxy groups -OCH3 is 2. The number of rotatable bonds is 8. The van der Waals surface area contributed by atoms with E-state index in [9.17, 15) is 17.6 Å². The molecule has 9 heteroatoms. The molecule has 1 aliphatic heterocycles. The predicted octanol–water partition coefficient (Wildman–Crippen LogP) is 3.84. The van der Waals surface area contributed by atoms with Gasteiger partial charge in [0.2, 0.25) is 15.9 Å². The van der Waals surface area contributed by atoms with Gasteiger partial charge in [-0.05, 0) is 53.9 Å². The molecule has 1 N–H and O–H groups in total. The number of ether oxygens (including phenoxy) is 2. The number of fused-ring (bicyclic) bond motifs is 1.